The molecule has 1 unspecified atom stereocenters. The van der Waals surface area contributed by atoms with Crippen molar-refractivity contribution < 1.29 is 14.0 Å². The molecule has 0 spiro atoms. The molecule has 2 aromatic rings. The monoisotopic (exact) mass is 300 g/mol. The topological polar surface area (TPSA) is 58.2 Å². The fourth-order valence-corrected chi connectivity index (χ4v) is 1.91. The summed E-state index contributed by atoms with van der Waals surface area (Å²) in [4.78, 5) is 23.9. The highest BCUT2D eigenvalue weighted by Crippen LogP contribution is 2.05. The van der Waals surface area contributed by atoms with Crippen LogP contribution in [0.2, 0.25) is 0 Å². The fraction of sp³-hybridized carbons (Fsp3) is 0.176. The Morgan fingerprint density at radius 1 is 1.05 bits per heavy atom. The predicted molar refractivity (Wildman–Crippen MR) is 81.6 cm³/mol. The first-order chi connectivity index (χ1) is 10.6. The highest BCUT2D eigenvalue weighted by Gasteiger charge is 2.16. The summed E-state index contributed by atoms with van der Waals surface area (Å²) in [6, 6.07) is 14.1. The van der Waals surface area contributed by atoms with Gasteiger partial charge in [-0.05, 0) is 25.1 Å². The van der Waals surface area contributed by atoms with Crippen LogP contribution < -0.4 is 10.6 Å². The van der Waals surface area contributed by atoms with E-state index in [1.165, 1.54) is 6.07 Å². The van der Waals surface area contributed by atoms with Gasteiger partial charge in [0, 0.05) is 17.7 Å². The largest absolute Gasteiger partial charge is 0.350 e. The van der Waals surface area contributed by atoms with E-state index in [0.29, 0.717) is 11.1 Å². The fourth-order valence-electron chi connectivity index (χ4n) is 1.91. The third-order valence-corrected chi connectivity index (χ3v) is 3.19. The lowest BCUT2D eigenvalue weighted by Crippen LogP contribution is -2.44. The molecule has 0 saturated heterocycles. The average Bonchev–Trinajstić information content (AvgIpc) is 2.54. The molecule has 0 fully saturated rings. The molecule has 2 amide bonds. The van der Waals surface area contributed by atoms with Crippen molar-refractivity contribution in [3.63, 3.8) is 0 Å². The minimum atomic E-state index is -0.709. The van der Waals surface area contributed by atoms with Gasteiger partial charge in [0.25, 0.3) is 5.91 Å². The third-order valence-electron chi connectivity index (χ3n) is 3.19. The van der Waals surface area contributed by atoms with Crippen LogP contribution in [-0.4, -0.2) is 17.9 Å². The van der Waals surface area contributed by atoms with Gasteiger partial charge in [0.15, 0.2) is 0 Å². The van der Waals surface area contributed by atoms with E-state index in [2.05, 4.69) is 10.6 Å². The van der Waals surface area contributed by atoms with Gasteiger partial charge in [-0.1, -0.05) is 36.4 Å². The van der Waals surface area contributed by atoms with Crippen molar-refractivity contribution in [1.29, 1.82) is 0 Å². The third kappa shape index (κ3) is 4.15. The molecule has 0 bridgehead atoms. The Kier molecular flexibility index (Phi) is 5.25. The molecule has 0 heterocycles. The van der Waals surface area contributed by atoms with Gasteiger partial charge < -0.3 is 10.6 Å². The molecule has 4 nitrogen and oxygen atoms in total. The second-order valence-electron chi connectivity index (χ2n) is 4.87. The zero-order chi connectivity index (χ0) is 15.9. The van der Waals surface area contributed by atoms with Gasteiger partial charge in [-0.3, -0.25) is 9.59 Å². The van der Waals surface area contributed by atoms with E-state index in [0.717, 1.165) is 0 Å². The van der Waals surface area contributed by atoms with Crippen molar-refractivity contribution >= 4 is 11.8 Å². The lowest BCUT2D eigenvalue weighted by Gasteiger charge is -2.14. The minimum absolute atomic E-state index is 0.0804. The number of halogens is 1. The zero-order valence-electron chi connectivity index (χ0n) is 12.2. The van der Waals surface area contributed by atoms with Crippen LogP contribution in [0.4, 0.5) is 4.39 Å². The molecule has 2 rings (SSSR count). The predicted octanol–water partition coefficient (Wildman–Crippen LogP) is 2.26. The first-order valence-corrected chi connectivity index (χ1v) is 6.95. The number of rotatable bonds is 5. The van der Waals surface area contributed by atoms with E-state index in [4.69, 9.17) is 0 Å². The van der Waals surface area contributed by atoms with Crippen LogP contribution in [0.1, 0.15) is 22.8 Å². The molecular weight excluding hydrogens is 283 g/mol. The van der Waals surface area contributed by atoms with Gasteiger partial charge in [-0.2, -0.15) is 0 Å². The second kappa shape index (κ2) is 7.36. The number of carbonyl (C=O) groups excluding carboxylic acids is 2. The SMILES string of the molecule is CC(NC(=O)c1ccccc1)C(=O)NCc1ccccc1F. The van der Waals surface area contributed by atoms with Crippen LogP contribution in [0, 0.1) is 5.82 Å². The van der Waals surface area contributed by atoms with E-state index in [9.17, 15) is 14.0 Å². The quantitative estimate of drug-likeness (QED) is 0.890. The Bertz CT molecular complexity index is 659. The van der Waals surface area contributed by atoms with Crippen LogP contribution in [0.3, 0.4) is 0 Å². The van der Waals surface area contributed by atoms with Crippen LogP contribution in [0.15, 0.2) is 54.6 Å². The van der Waals surface area contributed by atoms with E-state index >= 15 is 0 Å². The van der Waals surface area contributed by atoms with Crippen LogP contribution in [-0.2, 0) is 11.3 Å². The van der Waals surface area contributed by atoms with Gasteiger partial charge in [0.05, 0.1) is 0 Å². The molecule has 0 aliphatic heterocycles. The molecule has 0 aliphatic rings. The molecule has 2 aromatic carbocycles. The Morgan fingerprint density at radius 3 is 2.36 bits per heavy atom. The Balaban J connectivity index is 1.87. The maximum atomic E-state index is 13.5. The first-order valence-electron chi connectivity index (χ1n) is 6.95. The lowest BCUT2D eigenvalue weighted by atomic mass is 10.2. The molecular formula is C17H17FN2O2. The molecule has 22 heavy (non-hydrogen) atoms. The smallest absolute Gasteiger partial charge is 0.251 e. The van der Waals surface area contributed by atoms with E-state index in [-0.39, 0.29) is 24.2 Å². The number of hydrogen-bond acceptors (Lipinski definition) is 2. The summed E-state index contributed by atoms with van der Waals surface area (Å²) >= 11 is 0. The number of amides is 2. The summed E-state index contributed by atoms with van der Waals surface area (Å²) in [7, 11) is 0. The van der Waals surface area contributed by atoms with Crippen molar-refractivity contribution in [2.24, 2.45) is 0 Å². The van der Waals surface area contributed by atoms with Crippen LogP contribution in [0.25, 0.3) is 0 Å². The van der Waals surface area contributed by atoms with Gasteiger partial charge in [0.2, 0.25) is 5.91 Å². The Hall–Kier alpha value is -2.69. The summed E-state index contributed by atoms with van der Waals surface area (Å²) < 4.78 is 13.5. The van der Waals surface area contributed by atoms with Gasteiger partial charge in [-0.15, -0.1) is 0 Å². The number of nitrogens with one attached hydrogen (secondary N) is 2. The van der Waals surface area contributed by atoms with E-state index in [1.807, 2.05) is 0 Å². The highest BCUT2D eigenvalue weighted by molar-refractivity contribution is 5.97. The van der Waals surface area contributed by atoms with Crippen molar-refractivity contribution in [3.05, 3.63) is 71.5 Å². The second-order valence-corrected chi connectivity index (χ2v) is 4.87. The van der Waals surface area contributed by atoms with Gasteiger partial charge in [0.1, 0.15) is 11.9 Å². The van der Waals surface area contributed by atoms with Gasteiger partial charge in [-0.25, -0.2) is 4.39 Å². The Labute approximate surface area is 128 Å². The van der Waals surface area contributed by atoms with Crippen molar-refractivity contribution in [2.45, 2.75) is 19.5 Å². The normalized spacial score (nSPS) is 11.5. The molecule has 0 saturated carbocycles. The number of benzene rings is 2. The standard InChI is InChI=1S/C17H17FN2O2/c1-12(20-17(22)13-7-3-2-4-8-13)16(21)19-11-14-9-5-6-10-15(14)18/h2-10,12H,11H2,1H3,(H,19,21)(H,20,22). The van der Waals surface area contributed by atoms with Crippen molar-refractivity contribution in [1.82, 2.24) is 10.6 Å². The molecule has 0 radical (unpaired) electrons. The highest BCUT2D eigenvalue weighted by atomic mass is 19.1. The van der Waals surface area contributed by atoms with Crippen LogP contribution in [0.5, 0.6) is 0 Å². The minimum Gasteiger partial charge on any atom is -0.350 e. The molecule has 1 atom stereocenters. The molecule has 0 aromatic heterocycles. The van der Waals surface area contributed by atoms with Crippen LogP contribution >= 0.6 is 0 Å². The molecule has 114 valence electrons. The summed E-state index contributed by atoms with van der Waals surface area (Å²) in [5.41, 5.74) is 0.883. The summed E-state index contributed by atoms with van der Waals surface area (Å²) in [6.45, 7) is 1.66. The molecule has 2 N–H and O–H groups in total. The first kappa shape index (κ1) is 15.7. The lowest BCUT2D eigenvalue weighted by molar-refractivity contribution is -0.122. The molecule has 5 heteroatoms. The molecule has 0 aliphatic carbocycles. The van der Waals surface area contributed by atoms with Crippen molar-refractivity contribution in [3.8, 4) is 0 Å². The van der Waals surface area contributed by atoms with E-state index in [1.54, 1.807) is 55.5 Å². The van der Waals surface area contributed by atoms with Crippen molar-refractivity contribution in [2.75, 3.05) is 0 Å². The van der Waals surface area contributed by atoms with E-state index < -0.39 is 6.04 Å². The summed E-state index contributed by atoms with van der Waals surface area (Å²) in [5, 5.41) is 5.20. The summed E-state index contributed by atoms with van der Waals surface area (Å²) in [6.07, 6.45) is 0. The number of hydrogen-bond donors (Lipinski definition) is 2. The van der Waals surface area contributed by atoms with Gasteiger partial charge >= 0.3 is 0 Å². The zero-order valence-corrected chi connectivity index (χ0v) is 12.2. The maximum Gasteiger partial charge on any atom is 0.251 e. The number of carbonyl (C=O) groups is 2. The Morgan fingerprint density at radius 2 is 1.68 bits per heavy atom. The average molecular weight is 300 g/mol. The summed E-state index contributed by atoms with van der Waals surface area (Å²) in [5.74, 6) is -1.06. The maximum absolute atomic E-state index is 13.5.